The second kappa shape index (κ2) is 17.1. The van der Waals surface area contributed by atoms with Gasteiger partial charge >= 0.3 is 0 Å². The molecule has 0 unspecified atom stereocenters. The minimum absolute atomic E-state index is 0.806. The molecule has 0 aromatic rings. The Balaban J connectivity index is 0. The summed E-state index contributed by atoms with van der Waals surface area (Å²) >= 11 is 0. The van der Waals surface area contributed by atoms with Crippen LogP contribution in [0.3, 0.4) is 0 Å². The van der Waals surface area contributed by atoms with E-state index in [0.29, 0.717) is 0 Å². The molecule has 0 heterocycles. The molecule has 2 heteroatoms. The summed E-state index contributed by atoms with van der Waals surface area (Å²) in [6.07, 6.45) is 7.51. The number of hydrogen-bond donors (Lipinski definition) is 2. The van der Waals surface area contributed by atoms with Crippen molar-refractivity contribution in [3.05, 3.63) is 0 Å². The van der Waals surface area contributed by atoms with Gasteiger partial charge in [0.05, 0.1) is 0 Å². The molecule has 0 aliphatic heterocycles. The molecule has 12 heavy (non-hydrogen) atoms. The van der Waals surface area contributed by atoms with Crippen LogP contribution in [-0.2, 0) is 0 Å². The molecule has 0 saturated heterocycles. The fourth-order valence-electron chi connectivity index (χ4n) is 0.819. The first-order valence-corrected chi connectivity index (χ1v) is 5.23. The highest BCUT2D eigenvalue weighted by Gasteiger charge is 1.80. The predicted octanol–water partition coefficient (Wildman–Crippen LogP) is 2.27. The van der Waals surface area contributed by atoms with Crippen molar-refractivity contribution in [3.63, 3.8) is 0 Å². The zero-order chi connectivity index (χ0) is 9.66. The largest absolute Gasteiger partial charge is 0.330 e. The molecule has 0 saturated carbocycles. The number of nitrogens with two attached hydrogens (primary N) is 2. The molecule has 0 aromatic carbocycles. The zero-order valence-corrected chi connectivity index (χ0v) is 8.81. The van der Waals surface area contributed by atoms with Gasteiger partial charge in [-0.1, -0.05) is 39.5 Å². The van der Waals surface area contributed by atoms with Gasteiger partial charge in [-0.2, -0.15) is 0 Å². The molecule has 0 spiro atoms. The summed E-state index contributed by atoms with van der Waals surface area (Å²) in [7, 11) is 0. The fraction of sp³-hybridized carbons (Fsp3) is 1.00. The van der Waals surface area contributed by atoms with Crippen LogP contribution in [0, 0.1) is 0 Å². The van der Waals surface area contributed by atoms with Crippen molar-refractivity contribution in [2.45, 2.75) is 52.4 Å². The van der Waals surface area contributed by atoms with Crippen molar-refractivity contribution in [2.75, 3.05) is 13.1 Å². The van der Waals surface area contributed by atoms with E-state index < -0.39 is 0 Å². The third-order valence-electron chi connectivity index (χ3n) is 1.62. The van der Waals surface area contributed by atoms with Crippen molar-refractivity contribution in [3.8, 4) is 0 Å². The zero-order valence-electron chi connectivity index (χ0n) is 8.81. The van der Waals surface area contributed by atoms with Gasteiger partial charge in [-0.05, 0) is 25.9 Å². The minimum Gasteiger partial charge on any atom is -0.330 e. The summed E-state index contributed by atoms with van der Waals surface area (Å²) in [4.78, 5) is 0. The van der Waals surface area contributed by atoms with Crippen molar-refractivity contribution in [1.82, 2.24) is 0 Å². The quantitative estimate of drug-likeness (QED) is 0.607. The van der Waals surface area contributed by atoms with Crippen LogP contribution >= 0.6 is 0 Å². The third-order valence-corrected chi connectivity index (χ3v) is 1.62. The Hall–Kier alpha value is -0.0800. The maximum absolute atomic E-state index is 5.23. The molecule has 0 amide bonds. The van der Waals surface area contributed by atoms with E-state index in [1.807, 2.05) is 0 Å². The summed E-state index contributed by atoms with van der Waals surface area (Å²) in [5, 5.41) is 0. The Morgan fingerprint density at radius 2 is 1.08 bits per heavy atom. The van der Waals surface area contributed by atoms with Crippen molar-refractivity contribution in [2.24, 2.45) is 11.5 Å². The third kappa shape index (κ3) is 22.5. The highest BCUT2D eigenvalue weighted by molar-refractivity contribution is 4.41. The predicted molar refractivity (Wildman–Crippen MR) is 57.2 cm³/mol. The summed E-state index contributed by atoms with van der Waals surface area (Å²) in [6.45, 7) is 6.03. The first-order chi connectivity index (χ1) is 5.83. The lowest BCUT2D eigenvalue weighted by Crippen LogP contribution is -2.02. The molecule has 0 aliphatic carbocycles. The maximum Gasteiger partial charge on any atom is -0.00773 e. The second-order valence-electron chi connectivity index (χ2n) is 2.99. The lowest BCUT2D eigenvalue weighted by molar-refractivity contribution is 0.695. The molecule has 0 aliphatic rings. The number of unbranched alkanes of at least 4 members (excludes halogenated alkanes) is 4. The van der Waals surface area contributed by atoms with Crippen LogP contribution in [-0.4, -0.2) is 13.1 Å². The molecular weight excluding hydrogens is 148 g/mol. The van der Waals surface area contributed by atoms with Crippen LogP contribution in [0.2, 0.25) is 0 Å². The van der Waals surface area contributed by atoms with E-state index in [1.54, 1.807) is 0 Å². The van der Waals surface area contributed by atoms with Crippen LogP contribution in [0.15, 0.2) is 0 Å². The molecule has 76 valence electrons. The standard InChI is InChI=1S/C5H14N2.C5H12/c6-4-2-1-3-5-7;1-3-5-4-2/h1-7H2;3-5H2,1-2H3. The second-order valence-corrected chi connectivity index (χ2v) is 2.99. The number of hydrogen-bond acceptors (Lipinski definition) is 2. The topological polar surface area (TPSA) is 52.0 Å². The van der Waals surface area contributed by atoms with E-state index in [-0.39, 0.29) is 0 Å². The van der Waals surface area contributed by atoms with Crippen LogP contribution in [0.4, 0.5) is 0 Å². The molecule has 0 bridgehead atoms. The smallest absolute Gasteiger partial charge is 0.00773 e. The van der Waals surface area contributed by atoms with Gasteiger partial charge in [-0.3, -0.25) is 0 Å². The Morgan fingerprint density at radius 1 is 0.667 bits per heavy atom. The lowest BCUT2D eigenvalue weighted by atomic mass is 10.2. The Labute approximate surface area is 77.7 Å². The van der Waals surface area contributed by atoms with Crippen molar-refractivity contribution < 1.29 is 0 Å². The average Bonchev–Trinajstić information content (AvgIpc) is 2.08. The van der Waals surface area contributed by atoms with Crippen molar-refractivity contribution >= 4 is 0 Å². The Kier molecular flexibility index (Phi) is 20.6. The molecule has 0 rings (SSSR count). The normalized spacial score (nSPS) is 9.00. The van der Waals surface area contributed by atoms with Crippen LogP contribution in [0.25, 0.3) is 0 Å². The van der Waals surface area contributed by atoms with Gasteiger partial charge in [0.15, 0.2) is 0 Å². The summed E-state index contributed by atoms with van der Waals surface area (Å²) in [5.74, 6) is 0. The Bertz CT molecular complexity index is 49.8. The molecule has 0 atom stereocenters. The van der Waals surface area contributed by atoms with E-state index in [4.69, 9.17) is 11.5 Å². The van der Waals surface area contributed by atoms with Gasteiger partial charge in [0.1, 0.15) is 0 Å². The van der Waals surface area contributed by atoms with E-state index in [1.165, 1.54) is 25.7 Å². The van der Waals surface area contributed by atoms with Crippen LogP contribution in [0.1, 0.15) is 52.4 Å². The molecule has 4 N–H and O–H groups in total. The van der Waals surface area contributed by atoms with E-state index in [0.717, 1.165) is 25.9 Å². The van der Waals surface area contributed by atoms with Crippen LogP contribution < -0.4 is 11.5 Å². The summed E-state index contributed by atoms with van der Waals surface area (Å²) in [5.41, 5.74) is 10.5. The summed E-state index contributed by atoms with van der Waals surface area (Å²) in [6, 6.07) is 0. The average molecular weight is 174 g/mol. The first-order valence-electron chi connectivity index (χ1n) is 5.23. The molecule has 0 aromatic heterocycles. The highest BCUT2D eigenvalue weighted by atomic mass is 14.5. The summed E-state index contributed by atoms with van der Waals surface area (Å²) < 4.78 is 0. The maximum atomic E-state index is 5.23. The van der Waals surface area contributed by atoms with Gasteiger partial charge in [0.25, 0.3) is 0 Å². The van der Waals surface area contributed by atoms with E-state index >= 15 is 0 Å². The SMILES string of the molecule is CCCCC.NCCCCCN. The highest BCUT2D eigenvalue weighted by Crippen LogP contribution is 1.88. The van der Waals surface area contributed by atoms with E-state index in [2.05, 4.69) is 13.8 Å². The minimum atomic E-state index is 0.806. The molecular formula is C10H26N2. The molecule has 0 radical (unpaired) electrons. The molecule has 0 fully saturated rings. The number of rotatable bonds is 6. The lowest BCUT2D eigenvalue weighted by Gasteiger charge is -1.91. The Morgan fingerprint density at radius 3 is 1.25 bits per heavy atom. The first kappa shape index (κ1) is 14.4. The monoisotopic (exact) mass is 174 g/mol. The van der Waals surface area contributed by atoms with Gasteiger partial charge in [-0.15, -0.1) is 0 Å². The van der Waals surface area contributed by atoms with Gasteiger partial charge in [0, 0.05) is 0 Å². The molecule has 2 nitrogen and oxygen atoms in total. The van der Waals surface area contributed by atoms with Gasteiger partial charge in [0.2, 0.25) is 0 Å². The van der Waals surface area contributed by atoms with Crippen molar-refractivity contribution in [1.29, 1.82) is 0 Å². The van der Waals surface area contributed by atoms with Crippen LogP contribution in [0.5, 0.6) is 0 Å². The van der Waals surface area contributed by atoms with E-state index in [9.17, 15) is 0 Å². The van der Waals surface area contributed by atoms with Gasteiger partial charge < -0.3 is 11.5 Å². The van der Waals surface area contributed by atoms with Gasteiger partial charge in [-0.25, -0.2) is 0 Å². The fourth-order valence-corrected chi connectivity index (χ4v) is 0.819.